The quantitative estimate of drug-likeness (QED) is 0.329. The van der Waals surface area contributed by atoms with Crippen LogP contribution < -0.4 is 10.4 Å². The molecule has 36 heavy (non-hydrogen) atoms. The van der Waals surface area contributed by atoms with Crippen molar-refractivity contribution in [2.24, 2.45) is 0 Å². The monoisotopic (exact) mass is 566 g/mol. The average Bonchev–Trinajstić information content (AvgIpc) is 2.78. The highest BCUT2D eigenvalue weighted by Crippen LogP contribution is 2.40. The molecule has 0 aliphatic carbocycles. The number of aryl methyl sites for hydroxylation is 1. The Morgan fingerprint density at radius 2 is 1.86 bits per heavy atom. The summed E-state index contributed by atoms with van der Waals surface area (Å²) in [4.78, 5) is 29.6. The van der Waals surface area contributed by atoms with Crippen LogP contribution in [-0.4, -0.2) is 74.9 Å². The lowest BCUT2D eigenvalue weighted by molar-refractivity contribution is -0.158. The van der Waals surface area contributed by atoms with Crippen LogP contribution in [-0.2, 0) is 27.2 Å². The Morgan fingerprint density at radius 3 is 2.44 bits per heavy atom. The fourth-order valence-electron chi connectivity index (χ4n) is 3.97. The number of nitrogens with zero attached hydrogens (tertiary/aromatic N) is 2. The molecule has 0 amide bonds. The minimum absolute atomic E-state index is 0. The lowest BCUT2D eigenvalue weighted by Gasteiger charge is -2.30. The molecule has 11 heteroatoms. The molecule has 1 saturated heterocycles. The summed E-state index contributed by atoms with van der Waals surface area (Å²) in [5, 5.41) is 0.945. The van der Waals surface area contributed by atoms with Gasteiger partial charge in [0, 0.05) is 42.7 Å². The Morgan fingerprint density at radius 1 is 1.22 bits per heavy atom. The first-order valence-corrected chi connectivity index (χ1v) is 12.0. The molecule has 1 fully saturated rings. The number of carbonyl (C=O) groups is 1. The highest BCUT2D eigenvalue weighted by Gasteiger charge is 2.34. The van der Waals surface area contributed by atoms with Gasteiger partial charge in [-0.2, -0.15) is 0 Å². The van der Waals surface area contributed by atoms with Crippen LogP contribution in [0.25, 0.3) is 11.0 Å². The molecule has 1 aliphatic heterocycles. The third-order valence-corrected chi connectivity index (χ3v) is 6.33. The Labute approximate surface area is 230 Å². The van der Waals surface area contributed by atoms with Gasteiger partial charge in [0.05, 0.1) is 19.8 Å². The molecule has 1 aromatic heterocycles. The number of likely N-dealkylation sites (N-methyl/N-ethyl adjacent to an activating group) is 1. The maximum atomic E-state index is 12.8. The Balaban J connectivity index is 0.00000324. The van der Waals surface area contributed by atoms with Crippen LogP contribution in [0, 0.1) is 6.92 Å². The topological polar surface area (TPSA) is 81.5 Å². The molecule has 3 rings (SSSR count). The first kappa shape index (κ1) is 32.5. The number of fused-ring (bicyclic) bond motifs is 1. The second-order valence-electron chi connectivity index (χ2n) is 9.32. The normalized spacial score (nSPS) is 14.3. The van der Waals surface area contributed by atoms with E-state index in [1.165, 1.54) is 0 Å². The molecule has 0 N–H and O–H groups in total. The van der Waals surface area contributed by atoms with Gasteiger partial charge in [-0.3, -0.25) is 4.90 Å². The zero-order valence-electron chi connectivity index (χ0n) is 21.8. The Bertz CT molecular complexity index is 1100. The highest BCUT2D eigenvalue weighted by atomic mass is 35.5. The summed E-state index contributed by atoms with van der Waals surface area (Å²) >= 11 is 6.81. The summed E-state index contributed by atoms with van der Waals surface area (Å²) in [6, 6.07) is 1.96. The first-order chi connectivity index (χ1) is 16.0. The van der Waals surface area contributed by atoms with E-state index in [0.717, 1.165) is 36.1 Å². The Hall–Kier alpha value is -1.55. The van der Waals surface area contributed by atoms with Gasteiger partial charge in [0.25, 0.3) is 0 Å². The van der Waals surface area contributed by atoms with Crippen LogP contribution in [0.1, 0.15) is 37.5 Å². The maximum absolute atomic E-state index is 12.8. The van der Waals surface area contributed by atoms with Crippen LogP contribution in [0.15, 0.2) is 15.3 Å². The predicted octanol–water partition coefficient (Wildman–Crippen LogP) is 4.26. The van der Waals surface area contributed by atoms with Gasteiger partial charge in [-0.25, -0.2) is 9.59 Å². The van der Waals surface area contributed by atoms with Gasteiger partial charge in [-0.15, -0.1) is 24.8 Å². The molecule has 0 unspecified atom stereocenters. The molecule has 2 heterocycles. The summed E-state index contributed by atoms with van der Waals surface area (Å²) in [6.07, 6.45) is 0.571. The smallest absolute Gasteiger partial charge is 0.349 e. The largest absolute Gasteiger partial charge is 0.474 e. The van der Waals surface area contributed by atoms with E-state index in [1.54, 1.807) is 20.8 Å². The number of hydrogen-bond donors (Lipinski definition) is 0. The number of carbonyl (C=O) groups excluding carboxylic acids is 1. The molecule has 2 aromatic rings. The Kier molecular flexibility index (Phi) is 12.5. The van der Waals surface area contributed by atoms with Crippen LogP contribution in [0.4, 0.5) is 0 Å². The van der Waals surface area contributed by atoms with Gasteiger partial charge in [-0.1, -0.05) is 11.6 Å². The van der Waals surface area contributed by atoms with Crippen LogP contribution in [0.3, 0.4) is 0 Å². The summed E-state index contributed by atoms with van der Waals surface area (Å²) < 4.78 is 22.6. The van der Waals surface area contributed by atoms with Crippen molar-refractivity contribution in [1.82, 2.24) is 9.80 Å². The lowest BCUT2D eigenvalue weighted by atomic mass is 10.0. The van der Waals surface area contributed by atoms with Crippen molar-refractivity contribution in [3.05, 3.63) is 38.2 Å². The third kappa shape index (κ3) is 7.49. The second kappa shape index (κ2) is 13.8. The number of rotatable bonds is 9. The van der Waals surface area contributed by atoms with Gasteiger partial charge in [0.15, 0.2) is 11.2 Å². The summed E-state index contributed by atoms with van der Waals surface area (Å²) in [5.74, 6) is -0.178. The maximum Gasteiger partial charge on any atom is 0.349 e. The van der Waals surface area contributed by atoms with Gasteiger partial charge < -0.3 is 23.5 Å². The molecule has 1 aliphatic rings. The number of morpholine rings is 1. The minimum Gasteiger partial charge on any atom is -0.474 e. The average molecular weight is 568 g/mol. The van der Waals surface area contributed by atoms with Crippen molar-refractivity contribution in [2.45, 2.75) is 46.3 Å². The van der Waals surface area contributed by atoms with E-state index >= 15 is 0 Å². The molecule has 0 spiro atoms. The van der Waals surface area contributed by atoms with Gasteiger partial charge in [-0.05, 0) is 59.8 Å². The van der Waals surface area contributed by atoms with E-state index in [-0.39, 0.29) is 42.0 Å². The SMILES string of the molecule is CCOC(=O)C(C)(C)Oc1c(CN2CCOCC2)cc2c(C)c(CCN(C)C)c(=O)oc2c1Cl.Cl.Cl. The predicted molar refractivity (Wildman–Crippen MR) is 146 cm³/mol. The van der Waals surface area contributed by atoms with Gasteiger partial charge >= 0.3 is 11.6 Å². The highest BCUT2D eigenvalue weighted by molar-refractivity contribution is 6.36. The summed E-state index contributed by atoms with van der Waals surface area (Å²) in [6.45, 7) is 11.3. The molecular weight excluding hydrogens is 531 g/mol. The van der Waals surface area contributed by atoms with Crippen LogP contribution in [0.2, 0.25) is 5.02 Å². The second-order valence-corrected chi connectivity index (χ2v) is 9.70. The van der Waals surface area contributed by atoms with Crippen molar-refractivity contribution >= 4 is 53.4 Å². The number of benzene rings is 1. The molecule has 204 valence electrons. The van der Waals surface area contributed by atoms with Crippen molar-refractivity contribution in [1.29, 1.82) is 0 Å². The van der Waals surface area contributed by atoms with Gasteiger partial charge in [0.1, 0.15) is 10.8 Å². The van der Waals surface area contributed by atoms with E-state index in [1.807, 2.05) is 32.0 Å². The molecule has 0 bridgehead atoms. The molecule has 0 atom stereocenters. The lowest BCUT2D eigenvalue weighted by Crippen LogP contribution is -2.40. The van der Waals surface area contributed by atoms with E-state index in [2.05, 4.69) is 4.90 Å². The number of hydrogen-bond acceptors (Lipinski definition) is 8. The molecule has 0 saturated carbocycles. The fraction of sp³-hybridized carbons (Fsp3) is 0.600. The fourth-order valence-corrected chi connectivity index (χ4v) is 4.27. The number of halogens is 3. The van der Waals surface area contributed by atoms with Crippen LogP contribution in [0.5, 0.6) is 5.75 Å². The summed E-state index contributed by atoms with van der Waals surface area (Å²) in [7, 11) is 3.93. The van der Waals surface area contributed by atoms with E-state index in [4.69, 9.17) is 30.2 Å². The van der Waals surface area contributed by atoms with Crippen LogP contribution >= 0.6 is 36.4 Å². The van der Waals surface area contributed by atoms with E-state index in [9.17, 15) is 9.59 Å². The molecule has 8 nitrogen and oxygen atoms in total. The van der Waals surface area contributed by atoms with Crippen molar-refractivity contribution < 1.29 is 23.4 Å². The third-order valence-electron chi connectivity index (χ3n) is 5.98. The van der Waals surface area contributed by atoms with E-state index in [0.29, 0.717) is 37.5 Å². The molecular formula is C25H37Cl3N2O6. The van der Waals surface area contributed by atoms with Crippen molar-refractivity contribution in [3.8, 4) is 5.75 Å². The zero-order valence-corrected chi connectivity index (χ0v) is 24.2. The molecule has 1 aromatic carbocycles. The zero-order chi connectivity index (χ0) is 25.0. The van der Waals surface area contributed by atoms with Crippen molar-refractivity contribution in [3.63, 3.8) is 0 Å². The number of esters is 1. The van der Waals surface area contributed by atoms with Crippen molar-refractivity contribution in [2.75, 3.05) is 53.6 Å². The molecule has 0 radical (unpaired) electrons. The summed E-state index contributed by atoms with van der Waals surface area (Å²) in [5.41, 5.74) is 0.855. The first-order valence-electron chi connectivity index (χ1n) is 11.6. The standard InChI is InChI=1S/C25H35ClN2O6.2ClH/c1-7-32-24(30)25(3,4)34-21-17(15-28-10-12-31-13-11-28)14-19-16(2)18(8-9-27(5)6)23(29)33-22(19)20(21)26;;/h14H,7-13,15H2,1-6H3;2*1H. The number of ether oxygens (including phenoxy) is 3. The van der Waals surface area contributed by atoms with E-state index < -0.39 is 17.2 Å². The van der Waals surface area contributed by atoms with Gasteiger partial charge in [0.2, 0.25) is 0 Å². The minimum atomic E-state index is -1.28.